The Morgan fingerprint density at radius 2 is 0.868 bits per heavy atom. The van der Waals surface area contributed by atoms with Crippen molar-refractivity contribution in [2.75, 3.05) is 13.2 Å². The first-order chi connectivity index (χ1) is 18.2. The van der Waals surface area contributed by atoms with Crippen molar-refractivity contribution in [1.29, 1.82) is 0 Å². The second kappa shape index (κ2) is 26.2. The predicted octanol–water partition coefficient (Wildman–Crippen LogP) is 10.5. The van der Waals surface area contributed by atoms with E-state index in [-0.39, 0.29) is 11.9 Å². The van der Waals surface area contributed by atoms with Crippen molar-refractivity contribution in [1.82, 2.24) is 0 Å². The van der Waals surface area contributed by atoms with E-state index >= 15 is 0 Å². The largest absolute Gasteiger partial charge is 0.466 e. The molecule has 0 bridgehead atoms. The molecule has 4 heteroatoms. The molecule has 1 unspecified atom stereocenters. The molecule has 0 radical (unpaired) electrons. The van der Waals surface area contributed by atoms with Crippen LogP contribution in [0.2, 0.25) is 0 Å². The first-order valence-corrected chi connectivity index (χ1v) is 16.5. The highest BCUT2D eigenvalue weighted by molar-refractivity contribution is 5.69. The molecule has 0 aliphatic heterocycles. The summed E-state index contributed by atoms with van der Waals surface area (Å²) in [4.78, 5) is 23.9. The van der Waals surface area contributed by atoms with Gasteiger partial charge in [0.1, 0.15) is 0 Å². The lowest BCUT2D eigenvalue weighted by atomic mass is 9.87. The van der Waals surface area contributed by atoms with E-state index < -0.39 is 0 Å². The Labute approximate surface area is 237 Å². The number of esters is 2. The van der Waals surface area contributed by atoms with E-state index in [1.165, 1.54) is 70.6 Å². The molecule has 0 fully saturated rings. The fraction of sp³-hybridized carbons (Fsp3) is 0.941. The SMILES string of the molecule is CC(C)CCCOC(=O)CCCCCCCCCCCCCCCC(CC(=O)OCCCC(C)C)C(C)C. The van der Waals surface area contributed by atoms with Crippen LogP contribution >= 0.6 is 0 Å². The average molecular weight is 539 g/mol. The number of carbonyl (C=O) groups excluding carboxylic acids is 2. The van der Waals surface area contributed by atoms with E-state index in [9.17, 15) is 9.59 Å². The summed E-state index contributed by atoms with van der Waals surface area (Å²) in [6.07, 6.45) is 23.2. The third kappa shape index (κ3) is 26.5. The molecule has 38 heavy (non-hydrogen) atoms. The number of hydrogen-bond acceptors (Lipinski definition) is 4. The molecule has 0 saturated carbocycles. The lowest BCUT2D eigenvalue weighted by Gasteiger charge is -2.20. The molecule has 0 amide bonds. The first kappa shape index (κ1) is 36.9. The van der Waals surface area contributed by atoms with Gasteiger partial charge in [0.15, 0.2) is 0 Å². The van der Waals surface area contributed by atoms with Crippen molar-refractivity contribution in [2.24, 2.45) is 23.7 Å². The summed E-state index contributed by atoms with van der Waals surface area (Å²) in [5.41, 5.74) is 0. The van der Waals surface area contributed by atoms with Gasteiger partial charge in [0.05, 0.1) is 13.2 Å². The zero-order valence-corrected chi connectivity index (χ0v) is 26.5. The van der Waals surface area contributed by atoms with Gasteiger partial charge in [-0.05, 0) is 62.2 Å². The van der Waals surface area contributed by atoms with Crippen LogP contribution in [0.15, 0.2) is 0 Å². The molecular formula is C34H66O4. The van der Waals surface area contributed by atoms with E-state index in [0.717, 1.165) is 44.9 Å². The van der Waals surface area contributed by atoms with Gasteiger partial charge in [-0.15, -0.1) is 0 Å². The lowest BCUT2D eigenvalue weighted by Crippen LogP contribution is -2.17. The van der Waals surface area contributed by atoms with Crippen LogP contribution in [0.4, 0.5) is 0 Å². The maximum absolute atomic E-state index is 12.2. The Balaban J connectivity index is 3.49. The van der Waals surface area contributed by atoms with Crippen LogP contribution in [-0.2, 0) is 19.1 Å². The summed E-state index contributed by atoms with van der Waals surface area (Å²) < 4.78 is 10.8. The molecule has 0 N–H and O–H groups in total. The summed E-state index contributed by atoms with van der Waals surface area (Å²) in [5, 5.41) is 0. The van der Waals surface area contributed by atoms with Crippen molar-refractivity contribution in [3.63, 3.8) is 0 Å². The van der Waals surface area contributed by atoms with Crippen LogP contribution in [0.3, 0.4) is 0 Å². The third-order valence-electron chi connectivity index (χ3n) is 7.71. The summed E-state index contributed by atoms with van der Waals surface area (Å²) in [6, 6.07) is 0. The van der Waals surface area contributed by atoms with Gasteiger partial charge in [0.25, 0.3) is 0 Å². The fourth-order valence-electron chi connectivity index (χ4n) is 4.99. The second-order valence-electron chi connectivity index (χ2n) is 12.9. The minimum Gasteiger partial charge on any atom is -0.466 e. The summed E-state index contributed by atoms with van der Waals surface area (Å²) in [5.74, 6) is 2.34. The topological polar surface area (TPSA) is 52.6 Å². The molecular weight excluding hydrogens is 472 g/mol. The Kier molecular flexibility index (Phi) is 25.4. The van der Waals surface area contributed by atoms with E-state index in [2.05, 4.69) is 41.5 Å². The van der Waals surface area contributed by atoms with Gasteiger partial charge in [0.2, 0.25) is 0 Å². The number of rotatable bonds is 27. The van der Waals surface area contributed by atoms with Gasteiger partial charge in [-0.3, -0.25) is 9.59 Å². The van der Waals surface area contributed by atoms with Crippen molar-refractivity contribution in [3.05, 3.63) is 0 Å². The van der Waals surface area contributed by atoms with Crippen molar-refractivity contribution in [3.8, 4) is 0 Å². The number of unbranched alkanes of at least 4 members (excludes halogenated alkanes) is 12. The van der Waals surface area contributed by atoms with E-state index in [4.69, 9.17) is 9.47 Å². The van der Waals surface area contributed by atoms with Crippen molar-refractivity contribution in [2.45, 2.75) is 170 Å². The molecule has 0 aromatic rings. The maximum atomic E-state index is 12.2. The third-order valence-corrected chi connectivity index (χ3v) is 7.71. The predicted molar refractivity (Wildman–Crippen MR) is 162 cm³/mol. The first-order valence-electron chi connectivity index (χ1n) is 16.5. The molecule has 0 spiro atoms. The van der Waals surface area contributed by atoms with Crippen LogP contribution in [0, 0.1) is 23.7 Å². The number of ether oxygens (including phenoxy) is 2. The Hall–Kier alpha value is -1.06. The van der Waals surface area contributed by atoms with Crippen molar-refractivity contribution >= 4 is 11.9 Å². The van der Waals surface area contributed by atoms with Crippen molar-refractivity contribution < 1.29 is 19.1 Å². The van der Waals surface area contributed by atoms with E-state index in [1.54, 1.807) is 0 Å². The zero-order chi connectivity index (χ0) is 28.4. The summed E-state index contributed by atoms with van der Waals surface area (Å²) in [7, 11) is 0. The van der Waals surface area contributed by atoms with Gasteiger partial charge < -0.3 is 9.47 Å². The minimum atomic E-state index is -0.0129. The Morgan fingerprint density at radius 1 is 0.474 bits per heavy atom. The molecule has 0 saturated heterocycles. The zero-order valence-electron chi connectivity index (χ0n) is 26.5. The number of hydrogen-bond donors (Lipinski definition) is 0. The minimum absolute atomic E-state index is 0.0000558. The molecule has 0 aliphatic rings. The Bertz CT molecular complexity index is 541. The van der Waals surface area contributed by atoms with Gasteiger partial charge in [-0.1, -0.05) is 119 Å². The molecule has 0 rings (SSSR count). The van der Waals surface area contributed by atoms with Gasteiger partial charge in [0, 0.05) is 12.8 Å². The lowest BCUT2D eigenvalue weighted by molar-refractivity contribution is -0.145. The van der Waals surface area contributed by atoms with E-state index in [1.807, 2.05) is 0 Å². The monoisotopic (exact) mass is 538 g/mol. The average Bonchev–Trinajstić information content (AvgIpc) is 2.85. The van der Waals surface area contributed by atoms with E-state index in [0.29, 0.717) is 49.7 Å². The quantitative estimate of drug-likeness (QED) is 0.0771. The standard InChI is InChI=1S/C34H66O4/c1-29(2)22-20-26-37-33(35)25-19-17-15-13-11-9-7-8-10-12-14-16-18-24-32(31(5)6)28-34(36)38-27-21-23-30(3)4/h29-32H,7-28H2,1-6H3. The highest BCUT2D eigenvalue weighted by atomic mass is 16.5. The normalized spacial score (nSPS) is 12.4. The highest BCUT2D eigenvalue weighted by Gasteiger charge is 2.18. The molecule has 4 nitrogen and oxygen atoms in total. The molecule has 1 atom stereocenters. The second-order valence-corrected chi connectivity index (χ2v) is 12.9. The smallest absolute Gasteiger partial charge is 0.306 e. The molecule has 0 aromatic heterocycles. The van der Waals surface area contributed by atoms with Gasteiger partial charge >= 0.3 is 11.9 Å². The van der Waals surface area contributed by atoms with Crippen LogP contribution in [0.1, 0.15) is 170 Å². The molecule has 0 aromatic carbocycles. The highest BCUT2D eigenvalue weighted by Crippen LogP contribution is 2.24. The Morgan fingerprint density at radius 3 is 1.29 bits per heavy atom. The van der Waals surface area contributed by atoms with Gasteiger partial charge in [-0.2, -0.15) is 0 Å². The van der Waals surface area contributed by atoms with Gasteiger partial charge in [-0.25, -0.2) is 0 Å². The number of carbonyl (C=O) groups is 2. The van der Waals surface area contributed by atoms with Crippen LogP contribution in [0.5, 0.6) is 0 Å². The molecule has 0 heterocycles. The van der Waals surface area contributed by atoms with Crippen LogP contribution < -0.4 is 0 Å². The maximum Gasteiger partial charge on any atom is 0.306 e. The molecule has 0 aliphatic carbocycles. The summed E-state index contributed by atoms with van der Waals surface area (Å²) in [6.45, 7) is 14.5. The fourth-order valence-corrected chi connectivity index (χ4v) is 4.99. The van der Waals surface area contributed by atoms with Crippen LogP contribution in [0.25, 0.3) is 0 Å². The molecule has 226 valence electrons. The van der Waals surface area contributed by atoms with Crippen LogP contribution in [-0.4, -0.2) is 25.2 Å². The summed E-state index contributed by atoms with van der Waals surface area (Å²) >= 11 is 0.